The van der Waals surface area contributed by atoms with Crippen molar-refractivity contribution in [2.45, 2.75) is 10.9 Å². The van der Waals surface area contributed by atoms with Gasteiger partial charge in [-0.15, -0.1) is 0 Å². The smallest absolute Gasteiger partial charge is 0.160 e. The molecule has 0 saturated carbocycles. The average molecular weight is 342 g/mol. The molecule has 1 fully saturated rings. The Morgan fingerprint density at radius 1 is 1.48 bits per heavy atom. The van der Waals surface area contributed by atoms with Crippen molar-refractivity contribution in [3.8, 4) is 11.5 Å². The number of phenols is 1. The van der Waals surface area contributed by atoms with E-state index in [-0.39, 0.29) is 5.75 Å². The monoisotopic (exact) mass is 342 g/mol. The number of benzene rings is 1. The van der Waals surface area contributed by atoms with E-state index in [1.165, 1.54) is 17.9 Å². The first-order chi connectivity index (χ1) is 10.2. The number of aromatic amines is 1. The van der Waals surface area contributed by atoms with Crippen LogP contribution in [0.15, 0.2) is 30.6 Å². The number of nitrogens with zero attached hydrogens (tertiary/aromatic N) is 1. The maximum absolute atomic E-state index is 10.6. The van der Waals surface area contributed by atoms with E-state index in [4.69, 9.17) is 4.74 Å². The Labute approximate surface area is 133 Å². The number of hydrogen-bond acceptors (Lipinski definition) is 7. The van der Waals surface area contributed by atoms with Gasteiger partial charge in [0.05, 0.1) is 13.2 Å². The molecule has 1 saturated heterocycles. The molecule has 2 aromatic rings. The lowest BCUT2D eigenvalue weighted by molar-refractivity contribution is 0.164. The van der Waals surface area contributed by atoms with Gasteiger partial charge in [0.25, 0.3) is 0 Å². The molecule has 0 aliphatic carbocycles. The van der Waals surface area contributed by atoms with Gasteiger partial charge in [-0.05, 0) is 27.5 Å². The van der Waals surface area contributed by atoms with E-state index in [1.807, 2.05) is 6.07 Å². The molecular formula is C13H14N2O3S3. The van der Waals surface area contributed by atoms with Crippen LogP contribution in [0, 0.1) is 0 Å². The molecule has 0 spiro atoms. The number of phenolic OH excluding ortho intramolecular Hbond substituents is 1. The van der Waals surface area contributed by atoms with Crippen molar-refractivity contribution in [3.63, 3.8) is 0 Å². The Bertz CT molecular complexity index is 623. The Hall–Kier alpha value is -0.960. The van der Waals surface area contributed by atoms with Crippen LogP contribution in [0.25, 0.3) is 0 Å². The first-order valence-corrected chi connectivity index (χ1v) is 9.86. The highest BCUT2D eigenvalue weighted by Crippen LogP contribution is 2.58. The van der Waals surface area contributed by atoms with Crippen LogP contribution in [0.3, 0.4) is 0 Å². The first-order valence-electron chi connectivity index (χ1n) is 6.21. The summed E-state index contributed by atoms with van der Waals surface area (Å²) in [6.07, 6.45) is 2.79. The summed E-state index contributed by atoms with van der Waals surface area (Å²) in [4.78, 5) is 7.44. The third kappa shape index (κ3) is 2.50. The molecule has 21 heavy (non-hydrogen) atoms. The van der Waals surface area contributed by atoms with E-state index in [0.717, 1.165) is 5.56 Å². The Morgan fingerprint density at radius 3 is 2.95 bits per heavy atom. The van der Waals surface area contributed by atoms with Crippen LogP contribution < -0.4 is 4.74 Å². The number of aliphatic hydroxyl groups excluding tert-OH is 1. The quantitative estimate of drug-likeness (QED) is 0.740. The molecular weight excluding hydrogens is 328 g/mol. The number of H-pyrrole nitrogens is 1. The predicted molar refractivity (Wildman–Crippen MR) is 87.7 cm³/mol. The zero-order valence-corrected chi connectivity index (χ0v) is 13.6. The maximum Gasteiger partial charge on any atom is 0.160 e. The van der Waals surface area contributed by atoms with Gasteiger partial charge in [-0.2, -0.15) is 0 Å². The fraction of sp³-hybridized carbons (Fsp3) is 0.308. The van der Waals surface area contributed by atoms with E-state index in [1.54, 1.807) is 45.1 Å². The number of aromatic hydroxyl groups is 1. The zero-order chi connectivity index (χ0) is 14.9. The van der Waals surface area contributed by atoms with E-state index < -0.39 is 10.9 Å². The lowest BCUT2D eigenvalue weighted by Crippen LogP contribution is -2.41. The van der Waals surface area contributed by atoms with Gasteiger partial charge in [-0.3, -0.25) is 0 Å². The van der Waals surface area contributed by atoms with Crippen LogP contribution in [0.4, 0.5) is 0 Å². The van der Waals surface area contributed by atoms with Crippen LogP contribution in [0.2, 0.25) is 0 Å². The van der Waals surface area contributed by atoms with Crippen LogP contribution in [-0.4, -0.2) is 39.1 Å². The van der Waals surface area contributed by atoms with Crippen molar-refractivity contribution in [2.75, 3.05) is 12.9 Å². The van der Waals surface area contributed by atoms with Crippen molar-refractivity contribution in [3.05, 3.63) is 42.0 Å². The highest BCUT2D eigenvalue weighted by Gasteiger charge is 2.47. The number of hydrogen-bond donors (Lipinski definition) is 3. The minimum atomic E-state index is -0.733. The number of rotatable bonds is 3. The van der Waals surface area contributed by atoms with Crippen molar-refractivity contribution < 1.29 is 14.9 Å². The second-order valence-corrected chi connectivity index (χ2v) is 8.87. The van der Waals surface area contributed by atoms with Gasteiger partial charge in [-0.25, -0.2) is 4.98 Å². The van der Waals surface area contributed by atoms with Crippen molar-refractivity contribution >= 4 is 31.4 Å². The van der Waals surface area contributed by atoms with Crippen molar-refractivity contribution in [2.24, 2.45) is 0 Å². The first kappa shape index (κ1) is 15.0. The summed E-state index contributed by atoms with van der Waals surface area (Å²) in [6, 6.07) is 5.19. The lowest BCUT2D eigenvalue weighted by Gasteiger charge is -2.38. The number of imidazole rings is 1. The fourth-order valence-corrected chi connectivity index (χ4v) is 7.39. The molecule has 112 valence electrons. The molecule has 1 aromatic carbocycles. The average Bonchev–Trinajstić information content (AvgIpc) is 3.02. The normalized spacial score (nSPS) is 25.7. The van der Waals surface area contributed by atoms with Gasteiger partial charge in [0.2, 0.25) is 0 Å². The molecule has 2 atom stereocenters. The number of methoxy groups -OCH3 is 1. The topological polar surface area (TPSA) is 78.4 Å². The van der Waals surface area contributed by atoms with Gasteiger partial charge in [0, 0.05) is 18.1 Å². The predicted octanol–water partition coefficient (Wildman–Crippen LogP) is 2.77. The minimum absolute atomic E-state index is 0.0527. The molecule has 1 aliphatic heterocycles. The highest BCUT2D eigenvalue weighted by atomic mass is 33.5. The summed E-state index contributed by atoms with van der Waals surface area (Å²) in [5.41, 5.74) is 0.793. The molecule has 2 unspecified atom stereocenters. The largest absolute Gasteiger partial charge is 0.504 e. The van der Waals surface area contributed by atoms with Crippen molar-refractivity contribution in [1.82, 2.24) is 9.97 Å². The van der Waals surface area contributed by atoms with Gasteiger partial charge >= 0.3 is 0 Å². The molecule has 3 N–H and O–H groups in total. The zero-order valence-electron chi connectivity index (χ0n) is 11.1. The Morgan fingerprint density at radius 2 is 2.33 bits per heavy atom. The molecule has 2 heterocycles. The molecule has 1 aliphatic rings. The lowest BCUT2D eigenvalue weighted by atomic mass is 9.91. The third-order valence-corrected chi connectivity index (χ3v) is 8.11. The second-order valence-electron chi connectivity index (χ2n) is 4.51. The molecule has 5 nitrogen and oxygen atoms in total. The van der Waals surface area contributed by atoms with Crippen molar-refractivity contribution in [1.29, 1.82) is 0 Å². The summed E-state index contributed by atoms with van der Waals surface area (Å²) in [5, 5.41) is 20.7. The van der Waals surface area contributed by atoms with Crippen LogP contribution in [-0.2, 0) is 4.75 Å². The summed E-state index contributed by atoms with van der Waals surface area (Å²) >= 11 is 0. The number of nitrogens with one attached hydrogen (secondary N) is 1. The summed E-state index contributed by atoms with van der Waals surface area (Å²) < 4.78 is 4.35. The Kier molecular flexibility index (Phi) is 4.30. The molecule has 8 heteroatoms. The van der Waals surface area contributed by atoms with E-state index >= 15 is 0 Å². The molecule has 0 amide bonds. The maximum atomic E-state index is 10.6. The summed E-state index contributed by atoms with van der Waals surface area (Å²) in [6.45, 7) is 0. The number of aromatic nitrogens is 2. The SMILES string of the molecule is COc1ccc(C2(c3ncc[nH]3)SSSCC2O)cc1O. The third-order valence-electron chi connectivity index (χ3n) is 3.37. The van der Waals surface area contributed by atoms with Gasteiger partial charge in [-0.1, -0.05) is 27.7 Å². The molecule has 0 bridgehead atoms. The standard InChI is InChI=1S/C13H14N2O3S3/c1-18-10-3-2-8(6-9(10)16)13(12-14-4-5-15-12)11(17)7-19-21-20-13/h2-6,11,16-17H,7H2,1H3,(H,14,15). The molecule has 3 rings (SSSR count). The Balaban J connectivity index is 2.14. The molecule has 0 radical (unpaired) electrons. The minimum Gasteiger partial charge on any atom is -0.504 e. The van der Waals surface area contributed by atoms with Gasteiger partial charge < -0.3 is 19.9 Å². The van der Waals surface area contributed by atoms with E-state index in [9.17, 15) is 10.2 Å². The van der Waals surface area contributed by atoms with E-state index in [2.05, 4.69) is 9.97 Å². The van der Waals surface area contributed by atoms with Crippen LogP contribution in [0.5, 0.6) is 11.5 Å². The summed E-state index contributed by atoms with van der Waals surface area (Å²) in [5.74, 6) is 1.73. The number of aliphatic hydroxyl groups is 1. The second kappa shape index (κ2) is 6.04. The summed E-state index contributed by atoms with van der Waals surface area (Å²) in [7, 11) is 6.27. The van der Waals surface area contributed by atoms with Crippen LogP contribution in [0.1, 0.15) is 11.4 Å². The van der Waals surface area contributed by atoms with Gasteiger partial charge in [0.1, 0.15) is 10.6 Å². The van der Waals surface area contributed by atoms with E-state index in [0.29, 0.717) is 17.3 Å². The fourth-order valence-electron chi connectivity index (χ4n) is 2.31. The highest BCUT2D eigenvalue weighted by molar-refractivity contribution is 9.09. The van der Waals surface area contributed by atoms with Crippen LogP contribution >= 0.6 is 31.4 Å². The number of ether oxygens (including phenoxy) is 1. The molecule has 1 aromatic heterocycles. The van der Waals surface area contributed by atoms with Gasteiger partial charge in [0.15, 0.2) is 11.5 Å².